The summed E-state index contributed by atoms with van der Waals surface area (Å²) in [6, 6.07) is 18.1. The maximum absolute atomic E-state index is 12.9. The van der Waals surface area contributed by atoms with Crippen LogP contribution in [-0.2, 0) is 6.54 Å². The van der Waals surface area contributed by atoms with Gasteiger partial charge in [-0.1, -0.05) is 30.3 Å². The predicted molar refractivity (Wildman–Crippen MR) is 128 cm³/mol. The first-order chi connectivity index (χ1) is 15.5. The molecule has 6 heteroatoms. The molecule has 3 amide bonds. The van der Waals surface area contributed by atoms with Gasteiger partial charge in [0.1, 0.15) is 0 Å². The molecule has 0 radical (unpaired) electrons. The lowest BCUT2D eigenvalue weighted by Gasteiger charge is -2.39. The summed E-state index contributed by atoms with van der Waals surface area (Å²) in [4.78, 5) is 32.0. The van der Waals surface area contributed by atoms with Gasteiger partial charge in [-0.15, -0.1) is 0 Å². The molecule has 0 aromatic heterocycles. The van der Waals surface area contributed by atoms with Gasteiger partial charge in [0.25, 0.3) is 5.91 Å². The van der Waals surface area contributed by atoms with E-state index in [1.54, 1.807) is 0 Å². The lowest BCUT2D eigenvalue weighted by atomic mass is 10.0. The van der Waals surface area contributed by atoms with Crippen molar-refractivity contribution in [3.8, 4) is 0 Å². The van der Waals surface area contributed by atoms with Crippen LogP contribution in [-0.4, -0.2) is 64.9 Å². The van der Waals surface area contributed by atoms with Gasteiger partial charge < -0.3 is 15.1 Å². The van der Waals surface area contributed by atoms with E-state index in [2.05, 4.69) is 48.3 Å². The number of carbonyl (C=O) groups is 2. The number of rotatable bonds is 4. The molecule has 0 aliphatic carbocycles. The molecule has 2 aliphatic rings. The molecule has 32 heavy (non-hydrogen) atoms. The van der Waals surface area contributed by atoms with Crippen LogP contribution in [0.25, 0.3) is 0 Å². The summed E-state index contributed by atoms with van der Waals surface area (Å²) < 4.78 is 0. The molecule has 0 saturated carbocycles. The Morgan fingerprint density at radius 2 is 1.62 bits per heavy atom. The fourth-order valence-electron chi connectivity index (χ4n) is 4.78. The van der Waals surface area contributed by atoms with Gasteiger partial charge in [-0.3, -0.25) is 9.69 Å². The Labute approximate surface area is 191 Å². The molecule has 0 bridgehead atoms. The first-order valence-corrected chi connectivity index (χ1v) is 11.8. The Hall–Kier alpha value is -2.86. The smallest absolute Gasteiger partial charge is 0.322 e. The second-order valence-electron chi connectivity index (χ2n) is 9.11. The largest absolute Gasteiger partial charge is 0.336 e. The third-order valence-corrected chi connectivity index (χ3v) is 6.67. The summed E-state index contributed by atoms with van der Waals surface area (Å²) in [7, 11) is 0. The molecule has 2 aromatic rings. The number of piperazine rings is 1. The molecule has 2 saturated heterocycles. The minimum absolute atomic E-state index is 0.0817. The molecule has 0 unspecified atom stereocenters. The highest BCUT2D eigenvalue weighted by Crippen LogP contribution is 2.21. The van der Waals surface area contributed by atoms with Gasteiger partial charge in [-0.05, 0) is 62.9 Å². The number of nitrogens with one attached hydrogen (secondary N) is 1. The minimum Gasteiger partial charge on any atom is -0.336 e. The van der Waals surface area contributed by atoms with Gasteiger partial charge in [0.2, 0.25) is 0 Å². The maximum Gasteiger partial charge on any atom is 0.322 e. The first kappa shape index (κ1) is 22.3. The zero-order valence-electron chi connectivity index (χ0n) is 19.2. The third kappa shape index (κ3) is 5.30. The second-order valence-corrected chi connectivity index (χ2v) is 9.11. The fourth-order valence-corrected chi connectivity index (χ4v) is 4.78. The third-order valence-electron chi connectivity index (χ3n) is 6.67. The van der Waals surface area contributed by atoms with Crippen LogP contribution in [0.4, 0.5) is 10.5 Å². The number of likely N-dealkylation sites (tertiary alicyclic amines) is 1. The number of carbonyl (C=O) groups excluding carboxylic acids is 2. The fraction of sp³-hybridized carbons (Fsp3) is 0.462. The average Bonchev–Trinajstić information content (AvgIpc) is 2.80. The van der Waals surface area contributed by atoms with E-state index in [1.807, 2.05) is 40.1 Å². The molecular weight excluding hydrogens is 400 g/mol. The Morgan fingerprint density at radius 3 is 2.31 bits per heavy atom. The van der Waals surface area contributed by atoms with Gasteiger partial charge in [0, 0.05) is 56.1 Å². The van der Waals surface area contributed by atoms with Gasteiger partial charge in [-0.25, -0.2) is 4.79 Å². The van der Waals surface area contributed by atoms with E-state index in [0.717, 1.165) is 44.7 Å². The number of hydrogen-bond donors (Lipinski definition) is 1. The van der Waals surface area contributed by atoms with Crippen molar-refractivity contribution in [1.82, 2.24) is 14.7 Å². The highest BCUT2D eigenvalue weighted by Gasteiger charge is 2.28. The van der Waals surface area contributed by atoms with Crippen LogP contribution in [0.1, 0.15) is 49.0 Å². The molecule has 6 nitrogen and oxygen atoms in total. The summed E-state index contributed by atoms with van der Waals surface area (Å²) in [5.41, 5.74) is 2.70. The molecule has 0 spiro atoms. The van der Waals surface area contributed by atoms with E-state index in [-0.39, 0.29) is 24.0 Å². The van der Waals surface area contributed by atoms with E-state index in [1.165, 1.54) is 12.0 Å². The number of urea groups is 1. The van der Waals surface area contributed by atoms with Crippen LogP contribution >= 0.6 is 0 Å². The number of piperidine rings is 1. The molecule has 1 N–H and O–H groups in total. The van der Waals surface area contributed by atoms with Crippen molar-refractivity contribution >= 4 is 17.6 Å². The predicted octanol–water partition coefficient (Wildman–Crippen LogP) is 4.44. The standard InChI is InChI=1S/C26H34N4O2/c1-20-8-6-7-15-29(20)25(31)23-11-13-24(14-12-23)27-26(32)30-17-16-28(18-21(30)2)19-22-9-4-3-5-10-22/h3-5,9-14,20-21H,6-8,15-19H2,1-2H3,(H,27,32)/t20-,21+/m1/s1. The number of amides is 3. The monoisotopic (exact) mass is 434 g/mol. The SMILES string of the molecule is C[C@@H]1CCCCN1C(=O)c1ccc(NC(=O)N2CCN(Cc3ccccc3)C[C@@H]2C)cc1. The van der Waals surface area contributed by atoms with Crippen LogP contribution < -0.4 is 5.32 Å². The number of nitrogens with zero attached hydrogens (tertiary/aromatic N) is 3. The van der Waals surface area contributed by atoms with Crippen LogP contribution in [0.3, 0.4) is 0 Å². The second kappa shape index (κ2) is 10.2. The molecule has 2 heterocycles. The summed E-state index contributed by atoms with van der Waals surface area (Å²) in [6.07, 6.45) is 3.33. The van der Waals surface area contributed by atoms with E-state index in [0.29, 0.717) is 12.1 Å². The van der Waals surface area contributed by atoms with Crippen molar-refractivity contribution in [2.75, 3.05) is 31.5 Å². The van der Waals surface area contributed by atoms with E-state index < -0.39 is 0 Å². The van der Waals surface area contributed by atoms with E-state index >= 15 is 0 Å². The zero-order chi connectivity index (χ0) is 22.5. The topological polar surface area (TPSA) is 55.9 Å². The molecule has 2 aliphatic heterocycles. The molecule has 4 rings (SSSR count). The van der Waals surface area contributed by atoms with Crippen molar-refractivity contribution in [2.24, 2.45) is 0 Å². The molecular formula is C26H34N4O2. The Bertz CT molecular complexity index is 915. The van der Waals surface area contributed by atoms with Crippen molar-refractivity contribution in [3.63, 3.8) is 0 Å². The average molecular weight is 435 g/mol. The molecule has 2 atom stereocenters. The molecule has 2 aromatic carbocycles. The highest BCUT2D eigenvalue weighted by molar-refractivity contribution is 5.95. The summed E-state index contributed by atoms with van der Waals surface area (Å²) in [6.45, 7) is 8.35. The number of anilines is 1. The Kier molecular flexibility index (Phi) is 7.10. The van der Waals surface area contributed by atoms with E-state index in [4.69, 9.17) is 0 Å². The van der Waals surface area contributed by atoms with Crippen molar-refractivity contribution in [2.45, 2.75) is 51.7 Å². The van der Waals surface area contributed by atoms with Crippen LogP contribution in [0.2, 0.25) is 0 Å². The molecule has 170 valence electrons. The lowest BCUT2D eigenvalue weighted by molar-refractivity contribution is 0.0635. The van der Waals surface area contributed by atoms with Gasteiger partial charge in [0.05, 0.1) is 0 Å². The zero-order valence-corrected chi connectivity index (χ0v) is 19.2. The van der Waals surface area contributed by atoms with Crippen molar-refractivity contribution in [1.29, 1.82) is 0 Å². The normalized spacial score (nSPS) is 21.9. The maximum atomic E-state index is 12.9. The summed E-state index contributed by atoms with van der Waals surface area (Å²) >= 11 is 0. The lowest BCUT2D eigenvalue weighted by Crippen LogP contribution is -2.54. The van der Waals surface area contributed by atoms with Crippen LogP contribution in [0.15, 0.2) is 54.6 Å². The van der Waals surface area contributed by atoms with Crippen molar-refractivity contribution < 1.29 is 9.59 Å². The van der Waals surface area contributed by atoms with Crippen LogP contribution in [0, 0.1) is 0 Å². The van der Waals surface area contributed by atoms with E-state index in [9.17, 15) is 9.59 Å². The van der Waals surface area contributed by atoms with Gasteiger partial charge >= 0.3 is 6.03 Å². The Morgan fingerprint density at radius 1 is 0.875 bits per heavy atom. The number of hydrogen-bond acceptors (Lipinski definition) is 3. The summed E-state index contributed by atoms with van der Waals surface area (Å²) in [5.74, 6) is 0.0817. The quantitative estimate of drug-likeness (QED) is 0.774. The first-order valence-electron chi connectivity index (χ1n) is 11.8. The highest BCUT2D eigenvalue weighted by atomic mass is 16.2. The number of benzene rings is 2. The van der Waals surface area contributed by atoms with Gasteiger partial charge in [0.15, 0.2) is 0 Å². The van der Waals surface area contributed by atoms with Crippen LogP contribution in [0.5, 0.6) is 0 Å². The van der Waals surface area contributed by atoms with Crippen molar-refractivity contribution in [3.05, 3.63) is 65.7 Å². The Balaban J connectivity index is 1.30. The van der Waals surface area contributed by atoms with Gasteiger partial charge in [-0.2, -0.15) is 0 Å². The summed E-state index contributed by atoms with van der Waals surface area (Å²) in [5, 5.41) is 3.00. The molecule has 2 fully saturated rings. The minimum atomic E-state index is -0.0828.